The smallest absolute Gasteiger partial charge is 0.165 e. The second-order valence-corrected chi connectivity index (χ2v) is 10.8. The van der Waals surface area contributed by atoms with Gasteiger partial charge in [-0.15, -0.1) is 0 Å². The second kappa shape index (κ2) is 11.5. The van der Waals surface area contributed by atoms with E-state index in [4.69, 9.17) is 0 Å². The van der Waals surface area contributed by atoms with Crippen LogP contribution in [0.2, 0.25) is 0 Å². The van der Waals surface area contributed by atoms with Gasteiger partial charge in [-0.05, 0) is 86.5 Å². The number of carbonyl (C=O) groups is 1. The van der Waals surface area contributed by atoms with Crippen LogP contribution in [-0.2, 0) is 0 Å². The highest BCUT2D eigenvalue weighted by atomic mass is 16.1. The molecule has 0 radical (unpaired) electrons. The first-order chi connectivity index (χ1) is 14.5. The van der Waals surface area contributed by atoms with Crippen LogP contribution in [0, 0.1) is 29.6 Å². The van der Waals surface area contributed by atoms with E-state index >= 15 is 0 Å². The molecule has 168 valence electrons. The van der Waals surface area contributed by atoms with Crippen LogP contribution in [-0.4, -0.2) is 5.78 Å². The van der Waals surface area contributed by atoms with Crippen molar-refractivity contribution in [3.8, 4) is 0 Å². The van der Waals surface area contributed by atoms with Gasteiger partial charge in [0.05, 0.1) is 0 Å². The minimum atomic E-state index is 0.258. The lowest BCUT2D eigenvalue weighted by Gasteiger charge is -2.32. The average Bonchev–Trinajstić information content (AvgIpc) is 2.82. The Balaban J connectivity index is 1.47. The van der Waals surface area contributed by atoms with Gasteiger partial charge in [0.25, 0.3) is 0 Å². The first-order valence-electron chi connectivity index (χ1n) is 13.2. The monoisotopic (exact) mass is 410 g/mol. The van der Waals surface area contributed by atoms with Crippen molar-refractivity contribution in [2.24, 2.45) is 29.6 Å². The lowest BCUT2D eigenvalue weighted by molar-refractivity contribution is 0.0852. The molecule has 30 heavy (non-hydrogen) atoms. The summed E-state index contributed by atoms with van der Waals surface area (Å²) in [7, 11) is 0. The number of carbonyl (C=O) groups excluding carboxylic acids is 1. The molecule has 2 atom stereocenters. The van der Waals surface area contributed by atoms with Crippen molar-refractivity contribution in [3.05, 3.63) is 35.4 Å². The molecule has 0 saturated heterocycles. The molecule has 0 heterocycles. The minimum Gasteiger partial charge on any atom is -0.294 e. The Bertz CT molecular complexity index is 629. The molecular formula is C29H46O. The molecule has 0 aromatic heterocycles. The Kier molecular flexibility index (Phi) is 9.02. The molecule has 0 amide bonds. The van der Waals surface area contributed by atoms with Crippen molar-refractivity contribution >= 4 is 5.78 Å². The van der Waals surface area contributed by atoms with Crippen LogP contribution < -0.4 is 0 Å². The van der Waals surface area contributed by atoms with Crippen LogP contribution in [0.4, 0.5) is 0 Å². The van der Waals surface area contributed by atoms with Crippen LogP contribution in [0.1, 0.15) is 127 Å². The normalized spacial score (nSPS) is 29.3. The van der Waals surface area contributed by atoms with Crippen LogP contribution in [0.5, 0.6) is 0 Å². The molecule has 2 saturated carbocycles. The van der Waals surface area contributed by atoms with E-state index in [1.807, 2.05) is 0 Å². The van der Waals surface area contributed by atoms with Crippen molar-refractivity contribution < 1.29 is 4.79 Å². The minimum absolute atomic E-state index is 0.258. The predicted molar refractivity (Wildman–Crippen MR) is 129 cm³/mol. The molecule has 2 unspecified atom stereocenters. The van der Waals surface area contributed by atoms with E-state index in [2.05, 4.69) is 52.0 Å². The van der Waals surface area contributed by atoms with Gasteiger partial charge in [0.1, 0.15) is 0 Å². The summed E-state index contributed by atoms with van der Waals surface area (Å²) in [6.07, 6.45) is 15.4. The van der Waals surface area contributed by atoms with Gasteiger partial charge in [0, 0.05) is 11.5 Å². The van der Waals surface area contributed by atoms with E-state index in [-0.39, 0.29) is 5.92 Å². The summed E-state index contributed by atoms with van der Waals surface area (Å²) in [6, 6.07) is 8.77. The Labute approximate surface area is 186 Å². The van der Waals surface area contributed by atoms with E-state index in [0.29, 0.717) is 11.7 Å². The van der Waals surface area contributed by atoms with E-state index in [1.54, 1.807) is 0 Å². The first kappa shape index (κ1) is 23.6. The van der Waals surface area contributed by atoms with Crippen molar-refractivity contribution in [3.63, 3.8) is 0 Å². The van der Waals surface area contributed by atoms with E-state index < -0.39 is 0 Å². The van der Waals surface area contributed by atoms with Crippen LogP contribution in [0.3, 0.4) is 0 Å². The van der Waals surface area contributed by atoms with Crippen molar-refractivity contribution in [2.45, 2.75) is 111 Å². The Hall–Kier alpha value is -1.11. The number of hydrogen-bond acceptors (Lipinski definition) is 1. The quantitative estimate of drug-likeness (QED) is 0.372. The average molecular weight is 411 g/mol. The number of rotatable bonds is 9. The zero-order valence-electron chi connectivity index (χ0n) is 20.2. The molecule has 1 aromatic rings. The Morgan fingerprint density at radius 1 is 0.867 bits per heavy atom. The third-order valence-corrected chi connectivity index (χ3v) is 8.85. The van der Waals surface area contributed by atoms with Crippen molar-refractivity contribution in [1.82, 2.24) is 0 Å². The van der Waals surface area contributed by atoms with Gasteiger partial charge in [-0.1, -0.05) is 77.6 Å². The van der Waals surface area contributed by atoms with Gasteiger partial charge in [-0.2, -0.15) is 0 Å². The second-order valence-electron chi connectivity index (χ2n) is 10.8. The Morgan fingerprint density at radius 3 is 2.07 bits per heavy atom. The molecule has 1 nitrogen and oxygen atoms in total. The summed E-state index contributed by atoms with van der Waals surface area (Å²) in [5.74, 6) is 4.82. The van der Waals surface area contributed by atoms with Gasteiger partial charge < -0.3 is 0 Å². The predicted octanol–water partition coefficient (Wildman–Crippen LogP) is 8.82. The third-order valence-electron chi connectivity index (χ3n) is 8.85. The number of hydrogen-bond donors (Lipinski definition) is 0. The fourth-order valence-corrected chi connectivity index (χ4v) is 6.00. The zero-order valence-corrected chi connectivity index (χ0v) is 20.2. The number of benzene rings is 1. The topological polar surface area (TPSA) is 17.1 Å². The van der Waals surface area contributed by atoms with E-state index in [1.165, 1.54) is 69.8 Å². The highest BCUT2D eigenvalue weighted by molar-refractivity contribution is 5.97. The van der Waals surface area contributed by atoms with E-state index in [0.717, 1.165) is 42.1 Å². The first-order valence-corrected chi connectivity index (χ1v) is 13.2. The van der Waals surface area contributed by atoms with Gasteiger partial charge >= 0.3 is 0 Å². The molecule has 3 rings (SSSR count). The number of Topliss-reactive ketones (excluding diaryl/α,β-unsaturated/α-hetero) is 1. The van der Waals surface area contributed by atoms with Gasteiger partial charge in [-0.3, -0.25) is 4.79 Å². The van der Waals surface area contributed by atoms with Crippen LogP contribution in [0.25, 0.3) is 0 Å². The van der Waals surface area contributed by atoms with Gasteiger partial charge in [0.2, 0.25) is 0 Å². The summed E-state index contributed by atoms with van der Waals surface area (Å²) in [5, 5.41) is 0. The molecule has 1 heteroatoms. The molecule has 0 N–H and O–H groups in total. The molecule has 0 aliphatic heterocycles. The SMILES string of the molecule is CCC(C)CCC(C)C1CCC(C(=O)c2ccc(C3CCC(CC)CC3)cc2)CC1. The van der Waals surface area contributed by atoms with Gasteiger partial charge in [0.15, 0.2) is 5.78 Å². The molecular weight excluding hydrogens is 364 g/mol. The highest BCUT2D eigenvalue weighted by Gasteiger charge is 2.29. The fourth-order valence-electron chi connectivity index (χ4n) is 6.00. The summed E-state index contributed by atoms with van der Waals surface area (Å²) >= 11 is 0. The molecule has 2 aliphatic rings. The lowest BCUT2D eigenvalue weighted by atomic mass is 9.72. The molecule has 0 bridgehead atoms. The molecule has 1 aromatic carbocycles. The zero-order chi connectivity index (χ0) is 21.5. The molecule has 0 spiro atoms. The van der Waals surface area contributed by atoms with Crippen LogP contribution >= 0.6 is 0 Å². The standard InChI is InChI=1S/C29H46O/c1-5-21(3)7-8-22(4)24-13-17-27(18-14-24)29(30)28-19-15-26(16-20-28)25-11-9-23(6-2)10-12-25/h15-16,19-25,27H,5-14,17-18H2,1-4H3. The summed E-state index contributed by atoms with van der Waals surface area (Å²) in [5.41, 5.74) is 2.41. The fraction of sp³-hybridized carbons (Fsp3) is 0.759. The lowest BCUT2D eigenvalue weighted by Crippen LogP contribution is -2.25. The summed E-state index contributed by atoms with van der Waals surface area (Å²) in [6.45, 7) is 9.45. The van der Waals surface area contributed by atoms with Gasteiger partial charge in [-0.25, -0.2) is 0 Å². The maximum Gasteiger partial charge on any atom is 0.165 e. The number of ketones is 1. The maximum atomic E-state index is 13.1. The van der Waals surface area contributed by atoms with Crippen molar-refractivity contribution in [1.29, 1.82) is 0 Å². The summed E-state index contributed by atoms with van der Waals surface area (Å²) in [4.78, 5) is 13.1. The molecule has 2 fully saturated rings. The maximum absolute atomic E-state index is 13.1. The van der Waals surface area contributed by atoms with Crippen molar-refractivity contribution in [2.75, 3.05) is 0 Å². The third kappa shape index (κ3) is 6.21. The Morgan fingerprint density at radius 2 is 1.50 bits per heavy atom. The molecule has 2 aliphatic carbocycles. The van der Waals surface area contributed by atoms with E-state index in [9.17, 15) is 4.79 Å². The van der Waals surface area contributed by atoms with Crippen LogP contribution in [0.15, 0.2) is 24.3 Å². The highest BCUT2D eigenvalue weighted by Crippen LogP contribution is 2.39. The summed E-state index contributed by atoms with van der Waals surface area (Å²) < 4.78 is 0. The largest absolute Gasteiger partial charge is 0.294 e.